The molecule has 0 unspecified atom stereocenters. The number of rotatable bonds is 7. The Labute approximate surface area is 135 Å². The third-order valence-corrected chi connectivity index (χ3v) is 3.82. The van der Waals surface area contributed by atoms with Crippen molar-refractivity contribution in [1.29, 1.82) is 0 Å². The van der Waals surface area contributed by atoms with Crippen LogP contribution in [0, 0.1) is 0 Å². The molecule has 0 amide bonds. The SMILES string of the molecule is COCCc1noc(CN(C)Cc2cc3n(n2)CCCNC3)n1. The Morgan fingerprint density at radius 1 is 1.43 bits per heavy atom. The molecule has 1 N–H and O–H groups in total. The first kappa shape index (κ1) is 16.1. The minimum absolute atomic E-state index is 0.600. The molecule has 0 aromatic carbocycles. The number of nitrogens with zero attached hydrogens (tertiary/aromatic N) is 5. The van der Waals surface area contributed by atoms with Gasteiger partial charge in [-0.15, -0.1) is 0 Å². The Kier molecular flexibility index (Phi) is 5.37. The second kappa shape index (κ2) is 7.67. The van der Waals surface area contributed by atoms with E-state index in [0.29, 0.717) is 31.3 Å². The van der Waals surface area contributed by atoms with Crippen molar-refractivity contribution in [3.8, 4) is 0 Å². The molecule has 0 radical (unpaired) electrons. The van der Waals surface area contributed by atoms with E-state index in [4.69, 9.17) is 9.26 Å². The van der Waals surface area contributed by atoms with Crippen molar-refractivity contribution in [2.45, 2.75) is 39.0 Å². The molecular formula is C15H24N6O2. The maximum absolute atomic E-state index is 5.27. The quantitative estimate of drug-likeness (QED) is 0.799. The molecule has 2 aromatic heterocycles. The molecule has 3 heterocycles. The largest absolute Gasteiger partial charge is 0.384 e. The van der Waals surface area contributed by atoms with Crippen LogP contribution in [0.3, 0.4) is 0 Å². The van der Waals surface area contributed by atoms with E-state index in [0.717, 1.165) is 38.3 Å². The number of fused-ring (bicyclic) bond motifs is 1. The predicted molar refractivity (Wildman–Crippen MR) is 83.6 cm³/mol. The molecule has 3 rings (SSSR count). The van der Waals surface area contributed by atoms with Gasteiger partial charge in [-0.25, -0.2) is 0 Å². The molecule has 1 aliphatic heterocycles. The number of hydrogen-bond donors (Lipinski definition) is 1. The van der Waals surface area contributed by atoms with Crippen molar-refractivity contribution >= 4 is 0 Å². The molecule has 126 valence electrons. The van der Waals surface area contributed by atoms with Crippen molar-refractivity contribution in [2.24, 2.45) is 0 Å². The Balaban J connectivity index is 1.54. The minimum atomic E-state index is 0.600. The zero-order valence-electron chi connectivity index (χ0n) is 13.8. The minimum Gasteiger partial charge on any atom is -0.384 e. The van der Waals surface area contributed by atoms with E-state index in [1.54, 1.807) is 7.11 Å². The van der Waals surface area contributed by atoms with E-state index >= 15 is 0 Å². The van der Waals surface area contributed by atoms with E-state index in [2.05, 4.69) is 36.2 Å². The van der Waals surface area contributed by atoms with Crippen LogP contribution in [0.1, 0.15) is 29.5 Å². The lowest BCUT2D eigenvalue weighted by Crippen LogP contribution is -2.18. The third kappa shape index (κ3) is 4.37. The molecule has 0 spiro atoms. The maximum atomic E-state index is 5.27. The molecule has 0 fully saturated rings. The monoisotopic (exact) mass is 320 g/mol. The van der Waals surface area contributed by atoms with Crippen LogP contribution < -0.4 is 5.32 Å². The average molecular weight is 320 g/mol. The summed E-state index contributed by atoms with van der Waals surface area (Å²) in [4.78, 5) is 6.50. The highest BCUT2D eigenvalue weighted by Crippen LogP contribution is 2.11. The summed E-state index contributed by atoms with van der Waals surface area (Å²) in [5.74, 6) is 1.32. The Morgan fingerprint density at radius 2 is 2.35 bits per heavy atom. The standard InChI is InChI=1S/C15H24N6O2/c1-20(11-15-17-14(19-23-15)4-7-22-2)10-12-8-13-9-16-5-3-6-21(13)18-12/h8,16H,3-7,9-11H2,1-2H3. The molecule has 0 saturated heterocycles. The summed E-state index contributed by atoms with van der Waals surface area (Å²) in [6, 6.07) is 2.17. The van der Waals surface area contributed by atoms with E-state index in [1.807, 2.05) is 7.05 Å². The Bertz CT molecular complexity index is 600. The number of methoxy groups -OCH3 is 1. The number of ether oxygens (including phenoxy) is 1. The Hall–Kier alpha value is -1.77. The fraction of sp³-hybridized carbons (Fsp3) is 0.667. The van der Waals surface area contributed by atoms with Crippen LogP contribution in [0.5, 0.6) is 0 Å². The Morgan fingerprint density at radius 3 is 3.22 bits per heavy atom. The van der Waals surface area contributed by atoms with Gasteiger partial charge in [0.15, 0.2) is 5.82 Å². The van der Waals surface area contributed by atoms with E-state index in [9.17, 15) is 0 Å². The molecule has 0 bridgehead atoms. The fourth-order valence-electron chi connectivity index (χ4n) is 2.71. The topological polar surface area (TPSA) is 81.2 Å². The van der Waals surface area contributed by atoms with Gasteiger partial charge in [-0.1, -0.05) is 5.16 Å². The van der Waals surface area contributed by atoms with E-state index < -0.39 is 0 Å². The van der Waals surface area contributed by atoms with Crippen LogP contribution in [0.4, 0.5) is 0 Å². The molecule has 0 aliphatic carbocycles. The number of aromatic nitrogens is 4. The number of hydrogen-bond acceptors (Lipinski definition) is 7. The molecular weight excluding hydrogens is 296 g/mol. The van der Waals surface area contributed by atoms with Crippen LogP contribution in [-0.2, 0) is 37.3 Å². The normalized spacial score (nSPS) is 14.9. The molecule has 8 heteroatoms. The highest BCUT2D eigenvalue weighted by atomic mass is 16.5. The lowest BCUT2D eigenvalue weighted by molar-refractivity contribution is 0.199. The summed E-state index contributed by atoms with van der Waals surface area (Å²) in [5, 5.41) is 12.1. The summed E-state index contributed by atoms with van der Waals surface area (Å²) >= 11 is 0. The van der Waals surface area contributed by atoms with Crippen LogP contribution in [0.2, 0.25) is 0 Å². The van der Waals surface area contributed by atoms with Crippen molar-refractivity contribution in [3.05, 3.63) is 29.2 Å². The highest BCUT2D eigenvalue weighted by molar-refractivity contribution is 5.11. The molecule has 8 nitrogen and oxygen atoms in total. The second-order valence-corrected chi connectivity index (χ2v) is 5.90. The van der Waals surface area contributed by atoms with Crippen molar-refractivity contribution in [3.63, 3.8) is 0 Å². The van der Waals surface area contributed by atoms with Gasteiger partial charge in [-0.3, -0.25) is 9.58 Å². The second-order valence-electron chi connectivity index (χ2n) is 5.90. The van der Waals surface area contributed by atoms with Crippen molar-refractivity contribution in [1.82, 2.24) is 30.1 Å². The van der Waals surface area contributed by atoms with Gasteiger partial charge >= 0.3 is 0 Å². The van der Waals surface area contributed by atoms with E-state index in [1.165, 1.54) is 5.69 Å². The first-order chi connectivity index (χ1) is 11.2. The van der Waals surface area contributed by atoms with Gasteiger partial charge in [-0.2, -0.15) is 10.1 Å². The van der Waals surface area contributed by atoms with E-state index in [-0.39, 0.29) is 0 Å². The van der Waals surface area contributed by atoms with Gasteiger partial charge in [0.25, 0.3) is 0 Å². The maximum Gasteiger partial charge on any atom is 0.240 e. The molecule has 1 aliphatic rings. The van der Waals surface area contributed by atoms with Gasteiger partial charge in [0.2, 0.25) is 5.89 Å². The molecule has 2 aromatic rings. The first-order valence-electron chi connectivity index (χ1n) is 8.00. The van der Waals surface area contributed by atoms with Gasteiger partial charge in [0.05, 0.1) is 24.5 Å². The lowest BCUT2D eigenvalue weighted by atomic mass is 10.3. The lowest BCUT2D eigenvalue weighted by Gasteiger charge is -2.11. The van der Waals surface area contributed by atoms with Gasteiger partial charge in [-0.05, 0) is 26.1 Å². The zero-order valence-corrected chi connectivity index (χ0v) is 13.8. The molecule has 0 atom stereocenters. The fourth-order valence-corrected chi connectivity index (χ4v) is 2.71. The highest BCUT2D eigenvalue weighted by Gasteiger charge is 2.14. The number of aryl methyl sites for hydroxylation is 1. The molecule has 23 heavy (non-hydrogen) atoms. The summed E-state index contributed by atoms with van der Waals surface area (Å²) in [6.07, 6.45) is 1.79. The van der Waals surface area contributed by atoms with Crippen molar-refractivity contribution < 1.29 is 9.26 Å². The van der Waals surface area contributed by atoms with Crippen LogP contribution >= 0.6 is 0 Å². The summed E-state index contributed by atoms with van der Waals surface area (Å²) in [7, 11) is 3.69. The van der Waals surface area contributed by atoms with Crippen LogP contribution in [0.25, 0.3) is 0 Å². The summed E-state index contributed by atoms with van der Waals surface area (Å²) in [6.45, 7) is 4.90. The molecule has 0 saturated carbocycles. The first-order valence-corrected chi connectivity index (χ1v) is 8.00. The average Bonchev–Trinajstić information content (AvgIpc) is 3.06. The van der Waals surface area contributed by atoms with Gasteiger partial charge in [0, 0.05) is 33.2 Å². The smallest absolute Gasteiger partial charge is 0.240 e. The van der Waals surface area contributed by atoms with Crippen LogP contribution in [0.15, 0.2) is 10.6 Å². The third-order valence-electron chi connectivity index (χ3n) is 3.82. The number of nitrogens with one attached hydrogen (secondary N) is 1. The van der Waals surface area contributed by atoms with Gasteiger partial charge in [0.1, 0.15) is 0 Å². The van der Waals surface area contributed by atoms with Gasteiger partial charge < -0.3 is 14.6 Å². The summed E-state index contributed by atoms with van der Waals surface area (Å²) < 4.78 is 12.4. The predicted octanol–water partition coefficient (Wildman–Crippen LogP) is 0.580. The van der Waals surface area contributed by atoms with Crippen molar-refractivity contribution in [2.75, 3.05) is 27.3 Å². The zero-order chi connectivity index (χ0) is 16.1. The van der Waals surface area contributed by atoms with Crippen LogP contribution in [-0.4, -0.2) is 52.1 Å². The summed E-state index contributed by atoms with van der Waals surface area (Å²) in [5.41, 5.74) is 2.33.